The lowest BCUT2D eigenvalue weighted by Crippen LogP contribution is -2.28. The minimum Gasteiger partial charge on any atom is -0.326 e. The normalized spacial score (nSPS) is 21.2. The summed E-state index contributed by atoms with van der Waals surface area (Å²) in [6, 6.07) is 21.2. The molecule has 3 aromatic rings. The first kappa shape index (κ1) is 15.5. The number of hydrogen-bond acceptors (Lipinski definition) is 4. The fourth-order valence-corrected chi connectivity index (χ4v) is 4.37. The van der Waals surface area contributed by atoms with Crippen molar-refractivity contribution in [2.24, 2.45) is 5.73 Å². The van der Waals surface area contributed by atoms with Gasteiger partial charge in [0.2, 0.25) is 0 Å². The average Bonchev–Trinajstić information content (AvgIpc) is 3.23. The van der Waals surface area contributed by atoms with Crippen molar-refractivity contribution in [1.29, 1.82) is 0 Å². The molecule has 0 aliphatic carbocycles. The molecule has 0 amide bonds. The van der Waals surface area contributed by atoms with Crippen LogP contribution in [0.2, 0.25) is 0 Å². The summed E-state index contributed by atoms with van der Waals surface area (Å²) in [5.41, 5.74) is 8.94. The predicted octanol–water partition coefficient (Wildman–Crippen LogP) is 3.74. The molecule has 0 bridgehead atoms. The number of hydrogen-bond donors (Lipinski definition) is 1. The Morgan fingerprint density at radius 1 is 1.00 bits per heavy atom. The van der Waals surface area contributed by atoms with Crippen LogP contribution in [0.1, 0.15) is 16.4 Å². The molecule has 1 fully saturated rings. The second-order valence-electron chi connectivity index (χ2n) is 6.37. The summed E-state index contributed by atoms with van der Waals surface area (Å²) in [5, 5.41) is 1.09. The highest BCUT2D eigenvalue weighted by Gasteiger charge is 2.31. The maximum atomic E-state index is 6.40. The molecule has 1 aromatic heterocycles. The topological polar surface area (TPSA) is 42.1 Å². The van der Waals surface area contributed by atoms with Gasteiger partial charge in [0.15, 0.2) is 0 Å². The summed E-state index contributed by atoms with van der Waals surface area (Å²) < 4.78 is 0. The van der Waals surface area contributed by atoms with Gasteiger partial charge in [-0.2, -0.15) is 0 Å². The van der Waals surface area contributed by atoms with E-state index in [1.807, 2.05) is 12.3 Å². The first-order valence-corrected chi connectivity index (χ1v) is 9.14. The minimum atomic E-state index is 0.203. The van der Waals surface area contributed by atoms with Gasteiger partial charge in [-0.3, -0.25) is 4.90 Å². The maximum Gasteiger partial charge on any atom is 0.123 e. The van der Waals surface area contributed by atoms with Gasteiger partial charge in [0.05, 0.1) is 0 Å². The summed E-state index contributed by atoms with van der Waals surface area (Å²) >= 11 is 1.78. The monoisotopic (exact) mass is 335 g/mol. The Hall–Kier alpha value is -2.01. The summed E-state index contributed by atoms with van der Waals surface area (Å²) in [7, 11) is 0. The van der Waals surface area contributed by atoms with E-state index >= 15 is 0 Å². The van der Waals surface area contributed by atoms with Gasteiger partial charge in [-0.1, -0.05) is 60.7 Å². The molecule has 1 aliphatic heterocycles. The highest BCUT2D eigenvalue weighted by molar-refractivity contribution is 7.15. The summed E-state index contributed by atoms with van der Waals surface area (Å²) in [4.78, 5) is 8.34. The van der Waals surface area contributed by atoms with Gasteiger partial charge < -0.3 is 5.73 Å². The molecule has 0 saturated carbocycles. The first-order chi connectivity index (χ1) is 11.8. The van der Waals surface area contributed by atoms with Crippen LogP contribution in [0.5, 0.6) is 0 Å². The molecule has 0 spiro atoms. The van der Waals surface area contributed by atoms with Gasteiger partial charge in [-0.25, -0.2) is 4.98 Å². The Morgan fingerprint density at radius 2 is 1.71 bits per heavy atom. The zero-order valence-corrected chi connectivity index (χ0v) is 14.3. The fourth-order valence-electron chi connectivity index (χ4n) is 3.41. The number of nitrogens with two attached hydrogens (primary N) is 1. The number of benzene rings is 2. The summed E-state index contributed by atoms with van der Waals surface area (Å²) in [5.74, 6) is 0.424. The quantitative estimate of drug-likeness (QED) is 0.790. The van der Waals surface area contributed by atoms with Crippen molar-refractivity contribution in [2.45, 2.75) is 18.5 Å². The van der Waals surface area contributed by atoms with Crippen molar-refractivity contribution in [3.63, 3.8) is 0 Å². The SMILES string of the molecule is N[C@@H]1CN(Cc2cnc(-c3ccccc3)s2)C[C@H]1c1ccccc1. The third-order valence-electron chi connectivity index (χ3n) is 4.62. The van der Waals surface area contributed by atoms with Crippen molar-refractivity contribution in [2.75, 3.05) is 13.1 Å². The van der Waals surface area contributed by atoms with Crippen LogP contribution in [0.3, 0.4) is 0 Å². The molecule has 3 nitrogen and oxygen atoms in total. The lowest BCUT2D eigenvalue weighted by Gasteiger charge is -2.15. The fraction of sp³-hybridized carbons (Fsp3) is 0.250. The Balaban J connectivity index is 1.44. The molecule has 24 heavy (non-hydrogen) atoms. The third-order valence-corrected chi connectivity index (χ3v) is 5.65. The number of aromatic nitrogens is 1. The first-order valence-electron chi connectivity index (χ1n) is 8.32. The number of thiazole rings is 1. The minimum absolute atomic E-state index is 0.203. The second kappa shape index (κ2) is 6.85. The van der Waals surface area contributed by atoms with E-state index in [1.165, 1.54) is 16.0 Å². The van der Waals surface area contributed by atoms with Gasteiger partial charge in [0.1, 0.15) is 5.01 Å². The molecule has 0 radical (unpaired) electrons. The van der Waals surface area contributed by atoms with Crippen LogP contribution in [0.4, 0.5) is 0 Å². The Labute approximate surface area is 146 Å². The zero-order valence-electron chi connectivity index (χ0n) is 13.5. The largest absolute Gasteiger partial charge is 0.326 e. The van der Waals surface area contributed by atoms with E-state index in [4.69, 9.17) is 5.73 Å². The summed E-state index contributed by atoms with van der Waals surface area (Å²) in [6.45, 7) is 2.89. The molecule has 2 atom stereocenters. The van der Waals surface area contributed by atoms with E-state index in [0.717, 1.165) is 24.6 Å². The van der Waals surface area contributed by atoms with Gasteiger partial charge in [0.25, 0.3) is 0 Å². The van der Waals surface area contributed by atoms with E-state index in [9.17, 15) is 0 Å². The van der Waals surface area contributed by atoms with Gasteiger partial charge in [0, 0.05) is 48.2 Å². The van der Waals surface area contributed by atoms with Crippen LogP contribution >= 0.6 is 11.3 Å². The lowest BCUT2D eigenvalue weighted by atomic mass is 9.95. The molecule has 122 valence electrons. The average molecular weight is 335 g/mol. The number of rotatable bonds is 4. The molecular formula is C20H21N3S. The Kier molecular flexibility index (Phi) is 4.43. The molecular weight excluding hydrogens is 314 g/mol. The van der Waals surface area contributed by atoms with Crippen molar-refractivity contribution in [3.05, 3.63) is 77.3 Å². The third kappa shape index (κ3) is 3.26. The zero-order chi connectivity index (χ0) is 16.4. The molecule has 2 heterocycles. The lowest BCUT2D eigenvalue weighted by molar-refractivity contribution is 0.326. The number of nitrogens with zero attached hydrogens (tertiary/aromatic N) is 2. The van der Waals surface area contributed by atoms with Gasteiger partial charge in [-0.05, 0) is 5.56 Å². The van der Waals surface area contributed by atoms with Crippen molar-refractivity contribution in [1.82, 2.24) is 9.88 Å². The van der Waals surface area contributed by atoms with E-state index in [1.54, 1.807) is 11.3 Å². The predicted molar refractivity (Wildman–Crippen MR) is 100.0 cm³/mol. The molecule has 1 aliphatic rings. The van der Waals surface area contributed by atoms with Crippen LogP contribution in [-0.4, -0.2) is 29.0 Å². The van der Waals surface area contributed by atoms with E-state index in [-0.39, 0.29) is 6.04 Å². The molecule has 4 heteroatoms. The maximum absolute atomic E-state index is 6.40. The van der Waals surface area contributed by atoms with Crippen LogP contribution in [-0.2, 0) is 6.54 Å². The molecule has 1 saturated heterocycles. The van der Waals surface area contributed by atoms with Crippen molar-refractivity contribution >= 4 is 11.3 Å². The van der Waals surface area contributed by atoms with Crippen LogP contribution in [0, 0.1) is 0 Å². The highest BCUT2D eigenvalue weighted by Crippen LogP contribution is 2.30. The molecule has 0 unspecified atom stereocenters. The van der Waals surface area contributed by atoms with E-state index in [2.05, 4.69) is 64.5 Å². The standard InChI is InChI=1S/C20H21N3S/c21-19-14-23(13-18(19)15-7-3-1-4-8-15)12-17-11-22-20(24-17)16-9-5-2-6-10-16/h1-11,18-19H,12-14,21H2/t18-,19+/m0/s1. The second-order valence-corrected chi connectivity index (χ2v) is 7.49. The van der Waals surface area contributed by atoms with Crippen molar-refractivity contribution in [3.8, 4) is 10.6 Å². The van der Waals surface area contributed by atoms with Crippen molar-refractivity contribution < 1.29 is 0 Å². The Bertz CT molecular complexity index is 785. The van der Waals surface area contributed by atoms with E-state index < -0.39 is 0 Å². The van der Waals surface area contributed by atoms with Gasteiger partial charge in [-0.15, -0.1) is 11.3 Å². The smallest absolute Gasteiger partial charge is 0.123 e. The Morgan fingerprint density at radius 3 is 2.46 bits per heavy atom. The molecule has 2 aromatic carbocycles. The van der Waals surface area contributed by atoms with Gasteiger partial charge >= 0.3 is 0 Å². The highest BCUT2D eigenvalue weighted by atomic mass is 32.1. The van der Waals surface area contributed by atoms with Crippen LogP contribution < -0.4 is 5.73 Å². The molecule has 2 N–H and O–H groups in total. The van der Waals surface area contributed by atoms with E-state index in [0.29, 0.717) is 5.92 Å². The van der Waals surface area contributed by atoms with Crippen LogP contribution in [0.15, 0.2) is 66.9 Å². The summed E-state index contributed by atoms with van der Waals surface area (Å²) in [6.07, 6.45) is 2.01. The molecule has 4 rings (SSSR count). The number of likely N-dealkylation sites (tertiary alicyclic amines) is 1. The van der Waals surface area contributed by atoms with Crippen LogP contribution in [0.25, 0.3) is 10.6 Å².